The van der Waals surface area contributed by atoms with Crippen LogP contribution in [0.4, 0.5) is 0 Å². The summed E-state index contributed by atoms with van der Waals surface area (Å²) in [6, 6.07) is 1.52. The molecule has 0 aromatic heterocycles. The Kier molecular flexibility index (Phi) is 4.31. The fraction of sp³-hybridized carbons (Fsp3) is 1.00. The minimum absolute atomic E-state index is 0.507. The van der Waals surface area contributed by atoms with Crippen LogP contribution in [0.25, 0.3) is 0 Å². The van der Waals surface area contributed by atoms with Crippen LogP contribution in [0.15, 0.2) is 0 Å². The van der Waals surface area contributed by atoms with Crippen molar-refractivity contribution in [2.75, 3.05) is 23.0 Å². The fourth-order valence-corrected chi connectivity index (χ4v) is 5.07. The van der Waals surface area contributed by atoms with E-state index in [0.717, 1.165) is 12.1 Å². The number of thioether (sulfide) groups is 2. The summed E-state index contributed by atoms with van der Waals surface area (Å²) in [5.74, 6) is 5.37. The maximum atomic E-state index is 3.91. The van der Waals surface area contributed by atoms with E-state index >= 15 is 0 Å². The molecule has 0 saturated carbocycles. The van der Waals surface area contributed by atoms with Gasteiger partial charge < -0.3 is 5.32 Å². The zero-order valence-electron chi connectivity index (χ0n) is 9.92. The Morgan fingerprint density at radius 3 is 2.60 bits per heavy atom. The summed E-state index contributed by atoms with van der Waals surface area (Å²) < 4.78 is 0. The van der Waals surface area contributed by atoms with Crippen molar-refractivity contribution < 1.29 is 0 Å². The Hall–Kier alpha value is 0.660. The molecule has 0 spiro atoms. The van der Waals surface area contributed by atoms with Crippen molar-refractivity contribution in [3.8, 4) is 0 Å². The van der Waals surface area contributed by atoms with E-state index in [9.17, 15) is 0 Å². The summed E-state index contributed by atoms with van der Waals surface area (Å²) in [6.45, 7) is 4.86. The van der Waals surface area contributed by atoms with Crippen molar-refractivity contribution in [1.82, 2.24) is 5.32 Å². The molecular weight excluding hydrogens is 222 g/mol. The maximum absolute atomic E-state index is 3.91. The minimum atomic E-state index is 0.507. The van der Waals surface area contributed by atoms with Crippen LogP contribution < -0.4 is 5.32 Å². The molecule has 0 amide bonds. The van der Waals surface area contributed by atoms with Crippen LogP contribution in [0.2, 0.25) is 0 Å². The molecule has 88 valence electrons. The van der Waals surface area contributed by atoms with Crippen molar-refractivity contribution in [2.45, 2.75) is 45.2 Å². The smallest absolute Gasteiger partial charge is 0.0212 e. The zero-order valence-corrected chi connectivity index (χ0v) is 11.6. The molecular formula is C12H23NS2. The molecule has 3 heteroatoms. The second-order valence-electron chi connectivity index (χ2n) is 5.45. The summed E-state index contributed by atoms with van der Waals surface area (Å²) in [5.41, 5.74) is 0.507. The molecule has 0 radical (unpaired) electrons. The molecule has 0 aliphatic carbocycles. The van der Waals surface area contributed by atoms with Gasteiger partial charge in [-0.15, -0.1) is 0 Å². The van der Waals surface area contributed by atoms with Gasteiger partial charge in [-0.3, -0.25) is 0 Å². The molecule has 2 rings (SSSR count). The van der Waals surface area contributed by atoms with Gasteiger partial charge in [-0.05, 0) is 36.2 Å². The molecule has 2 aliphatic heterocycles. The van der Waals surface area contributed by atoms with Gasteiger partial charge in [0.1, 0.15) is 0 Å². The quantitative estimate of drug-likeness (QED) is 0.803. The highest BCUT2D eigenvalue weighted by Gasteiger charge is 2.33. The lowest BCUT2D eigenvalue weighted by molar-refractivity contribution is 0.228. The van der Waals surface area contributed by atoms with Crippen LogP contribution in [-0.2, 0) is 0 Å². The van der Waals surface area contributed by atoms with Gasteiger partial charge >= 0.3 is 0 Å². The lowest BCUT2D eigenvalue weighted by Crippen LogP contribution is -2.51. The molecule has 2 saturated heterocycles. The van der Waals surface area contributed by atoms with Crippen molar-refractivity contribution in [2.24, 2.45) is 5.41 Å². The lowest BCUT2D eigenvalue weighted by atomic mass is 9.82. The molecule has 1 nitrogen and oxygen atoms in total. The average molecular weight is 245 g/mol. The first-order valence-corrected chi connectivity index (χ1v) is 8.41. The molecule has 15 heavy (non-hydrogen) atoms. The minimum Gasteiger partial charge on any atom is -0.309 e. The van der Waals surface area contributed by atoms with Crippen LogP contribution in [0.3, 0.4) is 0 Å². The third-order valence-corrected chi connectivity index (χ3v) is 5.99. The SMILES string of the molecule is CC1(C)CCSCC1NC1CCCSC1. The molecule has 0 aromatic rings. The molecule has 0 aromatic carbocycles. The highest BCUT2D eigenvalue weighted by Crippen LogP contribution is 2.35. The van der Waals surface area contributed by atoms with E-state index in [1.165, 1.54) is 42.3 Å². The van der Waals surface area contributed by atoms with Crippen molar-refractivity contribution in [3.63, 3.8) is 0 Å². The van der Waals surface area contributed by atoms with E-state index in [1.54, 1.807) is 0 Å². The van der Waals surface area contributed by atoms with Gasteiger partial charge in [-0.2, -0.15) is 23.5 Å². The van der Waals surface area contributed by atoms with Crippen molar-refractivity contribution >= 4 is 23.5 Å². The normalized spacial score (nSPS) is 36.4. The van der Waals surface area contributed by atoms with Crippen LogP contribution in [0.1, 0.15) is 33.1 Å². The van der Waals surface area contributed by atoms with Crippen LogP contribution in [0.5, 0.6) is 0 Å². The Bertz CT molecular complexity index is 200. The predicted molar refractivity (Wildman–Crippen MR) is 73.0 cm³/mol. The molecule has 1 N–H and O–H groups in total. The second kappa shape index (κ2) is 5.33. The Morgan fingerprint density at radius 1 is 1.13 bits per heavy atom. The average Bonchev–Trinajstić information content (AvgIpc) is 2.23. The van der Waals surface area contributed by atoms with Crippen molar-refractivity contribution in [3.05, 3.63) is 0 Å². The fourth-order valence-electron chi connectivity index (χ4n) is 2.37. The summed E-state index contributed by atoms with van der Waals surface area (Å²) in [5, 5.41) is 3.91. The van der Waals surface area contributed by atoms with E-state index in [2.05, 4.69) is 42.7 Å². The van der Waals surface area contributed by atoms with Gasteiger partial charge in [0.25, 0.3) is 0 Å². The van der Waals surface area contributed by atoms with E-state index in [-0.39, 0.29) is 0 Å². The van der Waals surface area contributed by atoms with Gasteiger partial charge in [0, 0.05) is 23.6 Å². The van der Waals surface area contributed by atoms with Gasteiger partial charge in [-0.25, -0.2) is 0 Å². The van der Waals surface area contributed by atoms with Crippen LogP contribution in [0, 0.1) is 5.41 Å². The Labute approximate surface area is 103 Å². The summed E-state index contributed by atoms with van der Waals surface area (Å²) in [6.07, 6.45) is 4.17. The number of nitrogens with one attached hydrogen (secondary N) is 1. The molecule has 0 bridgehead atoms. The molecule has 2 heterocycles. The lowest BCUT2D eigenvalue weighted by Gasteiger charge is -2.41. The van der Waals surface area contributed by atoms with Crippen molar-refractivity contribution in [1.29, 1.82) is 0 Å². The maximum Gasteiger partial charge on any atom is 0.0212 e. The number of hydrogen-bond acceptors (Lipinski definition) is 3. The van der Waals surface area contributed by atoms with E-state index in [4.69, 9.17) is 0 Å². The summed E-state index contributed by atoms with van der Waals surface area (Å²) in [7, 11) is 0. The highest BCUT2D eigenvalue weighted by molar-refractivity contribution is 7.99. The van der Waals surface area contributed by atoms with Crippen LogP contribution >= 0.6 is 23.5 Å². The second-order valence-corrected chi connectivity index (χ2v) is 7.75. The standard InChI is InChI=1S/C12H23NS2/c1-12(2)5-7-15-9-11(12)13-10-4-3-6-14-8-10/h10-11,13H,3-9H2,1-2H3. The third-order valence-electron chi connectivity index (χ3n) is 3.72. The van der Waals surface area contributed by atoms with Gasteiger partial charge in [-0.1, -0.05) is 13.8 Å². The molecule has 2 unspecified atom stereocenters. The van der Waals surface area contributed by atoms with Gasteiger partial charge in [0.2, 0.25) is 0 Å². The molecule has 2 fully saturated rings. The van der Waals surface area contributed by atoms with E-state index in [0.29, 0.717) is 5.41 Å². The largest absolute Gasteiger partial charge is 0.309 e. The third kappa shape index (κ3) is 3.31. The topological polar surface area (TPSA) is 12.0 Å². The molecule has 2 aliphatic rings. The number of rotatable bonds is 2. The monoisotopic (exact) mass is 245 g/mol. The zero-order chi connectivity index (χ0) is 10.7. The predicted octanol–water partition coefficient (Wildman–Crippen LogP) is 3.00. The van der Waals surface area contributed by atoms with Crippen LogP contribution in [-0.4, -0.2) is 35.1 Å². The summed E-state index contributed by atoms with van der Waals surface area (Å²) >= 11 is 4.25. The molecule has 2 atom stereocenters. The van der Waals surface area contributed by atoms with E-state index in [1.807, 2.05) is 0 Å². The summed E-state index contributed by atoms with van der Waals surface area (Å²) in [4.78, 5) is 0. The first-order valence-electron chi connectivity index (χ1n) is 6.10. The van der Waals surface area contributed by atoms with Gasteiger partial charge in [0.15, 0.2) is 0 Å². The Balaban J connectivity index is 1.85. The van der Waals surface area contributed by atoms with E-state index < -0.39 is 0 Å². The number of hydrogen-bond donors (Lipinski definition) is 1. The first-order chi connectivity index (χ1) is 7.18. The Morgan fingerprint density at radius 2 is 1.93 bits per heavy atom. The highest BCUT2D eigenvalue weighted by atomic mass is 32.2. The van der Waals surface area contributed by atoms with Gasteiger partial charge in [0.05, 0.1) is 0 Å². The first kappa shape index (κ1) is 12.1.